The third-order valence-corrected chi connectivity index (χ3v) is 2.99. The summed E-state index contributed by atoms with van der Waals surface area (Å²) in [6, 6.07) is 7.10. The molecule has 122 valence electrons. The van der Waals surface area contributed by atoms with Crippen LogP contribution >= 0.6 is 0 Å². The average Bonchev–Trinajstić information content (AvgIpc) is 2.50. The van der Waals surface area contributed by atoms with Gasteiger partial charge in [-0.25, -0.2) is 0 Å². The SMILES string of the molecule is CCOc1ccc(N(CC(=O)NCCCOC)C(C)=O)cc1. The molecule has 22 heavy (non-hydrogen) atoms. The van der Waals surface area contributed by atoms with E-state index in [0.717, 1.165) is 12.2 Å². The summed E-state index contributed by atoms with van der Waals surface area (Å²) < 4.78 is 10.3. The maximum Gasteiger partial charge on any atom is 0.240 e. The fraction of sp³-hybridized carbons (Fsp3) is 0.500. The fourth-order valence-corrected chi connectivity index (χ4v) is 1.92. The van der Waals surface area contributed by atoms with E-state index >= 15 is 0 Å². The number of hydrogen-bond acceptors (Lipinski definition) is 4. The molecule has 1 rings (SSSR count). The van der Waals surface area contributed by atoms with Crippen LogP contribution in [0.3, 0.4) is 0 Å². The fourth-order valence-electron chi connectivity index (χ4n) is 1.92. The van der Waals surface area contributed by atoms with Crippen molar-refractivity contribution in [2.45, 2.75) is 20.3 Å². The first-order chi connectivity index (χ1) is 10.6. The first kappa shape index (κ1) is 18.0. The monoisotopic (exact) mass is 308 g/mol. The Labute approximate surface area is 131 Å². The van der Waals surface area contributed by atoms with Gasteiger partial charge in [0.05, 0.1) is 6.61 Å². The molecular formula is C16H24N2O4. The lowest BCUT2D eigenvalue weighted by Crippen LogP contribution is -2.40. The minimum atomic E-state index is -0.194. The Morgan fingerprint density at radius 3 is 2.45 bits per heavy atom. The predicted octanol–water partition coefficient (Wildman–Crippen LogP) is 1.59. The van der Waals surface area contributed by atoms with Gasteiger partial charge in [-0.2, -0.15) is 0 Å². The molecule has 0 heterocycles. The second-order valence-electron chi connectivity index (χ2n) is 4.73. The molecule has 0 spiro atoms. The Bertz CT molecular complexity index is 474. The second kappa shape index (κ2) is 9.78. The van der Waals surface area contributed by atoms with Gasteiger partial charge in [0.2, 0.25) is 11.8 Å². The number of benzene rings is 1. The molecule has 0 aliphatic heterocycles. The Balaban J connectivity index is 2.61. The third-order valence-electron chi connectivity index (χ3n) is 2.99. The standard InChI is InChI=1S/C16H24N2O4/c1-4-22-15-8-6-14(7-9-15)18(13(2)19)12-16(20)17-10-5-11-21-3/h6-9H,4-5,10-12H2,1-3H3,(H,17,20). The predicted molar refractivity (Wildman–Crippen MR) is 85.1 cm³/mol. The number of nitrogens with one attached hydrogen (secondary N) is 1. The Morgan fingerprint density at radius 2 is 1.91 bits per heavy atom. The highest BCUT2D eigenvalue weighted by molar-refractivity contribution is 5.97. The summed E-state index contributed by atoms with van der Waals surface area (Å²) in [5.74, 6) is 0.357. The molecule has 1 aromatic carbocycles. The van der Waals surface area contributed by atoms with Crippen LogP contribution in [0.5, 0.6) is 5.75 Å². The molecule has 0 saturated carbocycles. The van der Waals surface area contributed by atoms with Gasteiger partial charge in [0, 0.05) is 32.9 Å². The van der Waals surface area contributed by atoms with Crippen LogP contribution in [0.1, 0.15) is 20.3 Å². The lowest BCUT2D eigenvalue weighted by Gasteiger charge is -2.21. The second-order valence-corrected chi connectivity index (χ2v) is 4.73. The number of anilines is 1. The third kappa shape index (κ3) is 6.13. The van der Waals surface area contributed by atoms with Crippen LogP contribution in [-0.4, -0.2) is 45.2 Å². The molecule has 6 heteroatoms. The van der Waals surface area contributed by atoms with Crippen LogP contribution in [-0.2, 0) is 14.3 Å². The van der Waals surface area contributed by atoms with E-state index in [0.29, 0.717) is 25.4 Å². The molecule has 6 nitrogen and oxygen atoms in total. The zero-order valence-electron chi connectivity index (χ0n) is 13.4. The van der Waals surface area contributed by atoms with E-state index < -0.39 is 0 Å². The summed E-state index contributed by atoms with van der Waals surface area (Å²) >= 11 is 0. The van der Waals surface area contributed by atoms with Crippen molar-refractivity contribution in [2.24, 2.45) is 0 Å². The summed E-state index contributed by atoms with van der Waals surface area (Å²) in [7, 11) is 1.62. The zero-order valence-corrected chi connectivity index (χ0v) is 13.4. The Kier molecular flexibility index (Phi) is 7.99. The Hall–Kier alpha value is -2.08. The van der Waals surface area contributed by atoms with Gasteiger partial charge >= 0.3 is 0 Å². The van der Waals surface area contributed by atoms with E-state index in [9.17, 15) is 9.59 Å². The molecule has 0 saturated heterocycles. The van der Waals surface area contributed by atoms with Crippen molar-refractivity contribution < 1.29 is 19.1 Å². The van der Waals surface area contributed by atoms with Gasteiger partial charge in [0.1, 0.15) is 12.3 Å². The number of methoxy groups -OCH3 is 1. The molecule has 0 aliphatic carbocycles. The number of ether oxygens (including phenoxy) is 2. The minimum Gasteiger partial charge on any atom is -0.494 e. The van der Waals surface area contributed by atoms with Gasteiger partial charge < -0.3 is 19.7 Å². The van der Waals surface area contributed by atoms with Crippen molar-refractivity contribution in [2.75, 3.05) is 38.3 Å². The van der Waals surface area contributed by atoms with Gasteiger partial charge in [0.25, 0.3) is 0 Å². The van der Waals surface area contributed by atoms with Crippen LogP contribution in [0.2, 0.25) is 0 Å². The minimum absolute atomic E-state index is 0.00367. The van der Waals surface area contributed by atoms with Gasteiger partial charge in [-0.05, 0) is 37.6 Å². The smallest absolute Gasteiger partial charge is 0.240 e. The number of amides is 2. The van der Waals surface area contributed by atoms with Gasteiger partial charge in [-0.1, -0.05) is 0 Å². The molecule has 0 bridgehead atoms. The number of carbonyl (C=O) groups is 2. The summed E-state index contributed by atoms with van der Waals surface area (Å²) in [6.45, 7) is 5.05. The van der Waals surface area contributed by atoms with Gasteiger partial charge in [0.15, 0.2) is 0 Å². The van der Waals surface area contributed by atoms with Crippen LogP contribution in [0.15, 0.2) is 24.3 Å². The first-order valence-electron chi connectivity index (χ1n) is 7.35. The molecule has 0 atom stereocenters. The first-order valence-corrected chi connectivity index (χ1v) is 7.35. The average molecular weight is 308 g/mol. The van der Waals surface area contributed by atoms with Crippen LogP contribution in [0.25, 0.3) is 0 Å². The summed E-state index contributed by atoms with van der Waals surface area (Å²) in [6.07, 6.45) is 0.741. The van der Waals surface area contributed by atoms with Crippen molar-refractivity contribution in [3.63, 3.8) is 0 Å². The quantitative estimate of drug-likeness (QED) is 0.704. The van der Waals surface area contributed by atoms with Crippen molar-refractivity contribution in [3.8, 4) is 5.75 Å². The number of rotatable bonds is 9. The van der Waals surface area contributed by atoms with Crippen LogP contribution in [0, 0.1) is 0 Å². The van der Waals surface area contributed by atoms with Crippen LogP contribution < -0.4 is 15.0 Å². The molecule has 2 amide bonds. The lowest BCUT2D eigenvalue weighted by molar-refractivity contribution is -0.123. The molecule has 0 radical (unpaired) electrons. The van der Waals surface area contributed by atoms with Crippen molar-refractivity contribution in [1.82, 2.24) is 5.32 Å². The summed E-state index contributed by atoms with van der Waals surface area (Å²) in [5, 5.41) is 2.77. The van der Waals surface area contributed by atoms with Crippen molar-refractivity contribution >= 4 is 17.5 Å². The molecule has 0 aliphatic rings. The number of carbonyl (C=O) groups excluding carboxylic acids is 2. The van der Waals surface area contributed by atoms with E-state index in [-0.39, 0.29) is 18.4 Å². The van der Waals surface area contributed by atoms with Crippen molar-refractivity contribution in [3.05, 3.63) is 24.3 Å². The van der Waals surface area contributed by atoms with E-state index in [2.05, 4.69) is 5.32 Å². The summed E-state index contributed by atoms with van der Waals surface area (Å²) in [5.41, 5.74) is 0.669. The van der Waals surface area contributed by atoms with Crippen LogP contribution in [0.4, 0.5) is 5.69 Å². The van der Waals surface area contributed by atoms with E-state index in [1.54, 1.807) is 31.4 Å². The number of nitrogens with zero attached hydrogens (tertiary/aromatic N) is 1. The largest absolute Gasteiger partial charge is 0.494 e. The normalized spacial score (nSPS) is 10.1. The highest BCUT2D eigenvalue weighted by Crippen LogP contribution is 2.19. The van der Waals surface area contributed by atoms with Gasteiger partial charge in [-0.3, -0.25) is 9.59 Å². The summed E-state index contributed by atoms with van der Waals surface area (Å²) in [4.78, 5) is 25.1. The maximum absolute atomic E-state index is 11.9. The number of hydrogen-bond donors (Lipinski definition) is 1. The molecule has 0 fully saturated rings. The van der Waals surface area contributed by atoms with E-state index in [1.165, 1.54) is 11.8 Å². The molecule has 0 unspecified atom stereocenters. The highest BCUT2D eigenvalue weighted by Gasteiger charge is 2.15. The topological polar surface area (TPSA) is 67.9 Å². The van der Waals surface area contributed by atoms with Gasteiger partial charge in [-0.15, -0.1) is 0 Å². The van der Waals surface area contributed by atoms with E-state index in [4.69, 9.17) is 9.47 Å². The van der Waals surface area contributed by atoms with Crippen molar-refractivity contribution in [1.29, 1.82) is 0 Å². The Morgan fingerprint density at radius 1 is 1.23 bits per heavy atom. The zero-order chi connectivity index (χ0) is 16.4. The highest BCUT2D eigenvalue weighted by atomic mass is 16.5. The molecule has 1 N–H and O–H groups in total. The van der Waals surface area contributed by atoms with E-state index in [1.807, 2.05) is 6.92 Å². The lowest BCUT2D eigenvalue weighted by atomic mass is 10.2. The molecule has 0 aromatic heterocycles. The maximum atomic E-state index is 11.9. The molecule has 1 aromatic rings. The molecular weight excluding hydrogens is 284 g/mol.